The Morgan fingerprint density at radius 2 is 1.13 bits per heavy atom. The highest BCUT2D eigenvalue weighted by atomic mass is 32.1. The summed E-state index contributed by atoms with van der Waals surface area (Å²) < 4.78 is 10.1. The number of aromatic nitrogens is 1. The van der Waals surface area contributed by atoms with Crippen molar-refractivity contribution in [2.45, 2.75) is 0 Å². The summed E-state index contributed by atoms with van der Waals surface area (Å²) >= 11 is 3.61. The minimum absolute atomic E-state index is 0.860. The molecular weight excluding hydrogens is 673 g/mol. The van der Waals surface area contributed by atoms with Crippen LogP contribution in [0.1, 0.15) is 0 Å². The molecule has 52 heavy (non-hydrogen) atoms. The van der Waals surface area contributed by atoms with E-state index in [0.29, 0.717) is 0 Å². The van der Waals surface area contributed by atoms with E-state index in [9.17, 15) is 0 Å². The molecule has 3 nitrogen and oxygen atoms in total. The quantitative estimate of drug-likeness (QED) is 0.179. The normalized spacial score (nSPS) is 11.8. The van der Waals surface area contributed by atoms with E-state index in [-0.39, 0.29) is 0 Å². The van der Waals surface area contributed by atoms with Crippen LogP contribution < -0.4 is 4.90 Å². The fourth-order valence-electron chi connectivity index (χ4n) is 7.61. The maximum atomic E-state index is 6.48. The van der Waals surface area contributed by atoms with Crippen molar-refractivity contribution in [2.24, 2.45) is 0 Å². The summed E-state index contributed by atoms with van der Waals surface area (Å²) in [4.78, 5) is 7.92. The molecule has 0 aliphatic rings. The van der Waals surface area contributed by atoms with Gasteiger partial charge < -0.3 is 9.32 Å². The van der Waals surface area contributed by atoms with E-state index >= 15 is 0 Å². The molecule has 5 heteroatoms. The molecule has 11 rings (SSSR count). The number of anilines is 3. The topological polar surface area (TPSA) is 29.3 Å². The second-order valence-electron chi connectivity index (χ2n) is 13.2. The zero-order valence-corrected chi connectivity index (χ0v) is 29.4. The maximum Gasteiger partial charge on any atom is 0.137 e. The monoisotopic (exact) mass is 700 g/mol. The van der Waals surface area contributed by atoms with Crippen molar-refractivity contribution < 1.29 is 4.42 Å². The molecule has 0 atom stereocenters. The molecule has 0 N–H and O–H groups in total. The van der Waals surface area contributed by atoms with E-state index < -0.39 is 0 Å². The van der Waals surface area contributed by atoms with Gasteiger partial charge in [0.05, 0.1) is 10.4 Å². The third kappa shape index (κ3) is 4.67. The van der Waals surface area contributed by atoms with E-state index in [2.05, 4.69) is 163 Å². The first-order valence-electron chi connectivity index (χ1n) is 17.4. The van der Waals surface area contributed by atoms with Crippen molar-refractivity contribution in [3.63, 3.8) is 0 Å². The van der Waals surface area contributed by atoms with Gasteiger partial charge in [-0.15, -0.1) is 22.7 Å². The summed E-state index contributed by atoms with van der Waals surface area (Å²) in [6.07, 6.45) is 0. The highest BCUT2D eigenvalue weighted by Crippen LogP contribution is 2.51. The molecule has 0 radical (unpaired) electrons. The van der Waals surface area contributed by atoms with Gasteiger partial charge in [-0.3, -0.25) is 0 Å². The van der Waals surface area contributed by atoms with E-state index in [1.807, 2.05) is 23.5 Å². The standard InChI is InChI=1S/C47H28N2OS2/c1-2-10-29(11-3-1)31-20-22-34(23-21-31)49(35-24-25-37-36-14-6-8-16-39(36)50-40(37)27-35)46-44-38-15-7-9-17-41(38)51-42(44)28-43-45(46)48-47(52-43)33-19-18-30-12-4-5-13-32(30)26-33/h1-28H. The molecule has 0 saturated carbocycles. The highest BCUT2D eigenvalue weighted by molar-refractivity contribution is 7.27. The Morgan fingerprint density at radius 1 is 0.442 bits per heavy atom. The van der Waals surface area contributed by atoms with Crippen LogP contribution in [-0.4, -0.2) is 4.98 Å². The summed E-state index contributed by atoms with van der Waals surface area (Å²) in [5, 5.41) is 8.12. The van der Waals surface area contributed by atoms with E-state index in [0.717, 1.165) is 59.8 Å². The minimum atomic E-state index is 0.860. The Kier molecular flexibility index (Phi) is 6.59. The molecule has 0 spiro atoms. The van der Waals surface area contributed by atoms with Gasteiger partial charge in [0.1, 0.15) is 21.7 Å². The van der Waals surface area contributed by atoms with Crippen molar-refractivity contribution in [3.05, 3.63) is 170 Å². The number of rotatable bonds is 5. The lowest BCUT2D eigenvalue weighted by Crippen LogP contribution is -2.11. The number of thiazole rings is 1. The summed E-state index contributed by atoms with van der Waals surface area (Å²) in [7, 11) is 0. The van der Waals surface area contributed by atoms with Crippen LogP contribution in [0.25, 0.3) is 84.8 Å². The van der Waals surface area contributed by atoms with E-state index in [1.54, 1.807) is 11.3 Å². The van der Waals surface area contributed by atoms with Crippen LogP contribution in [0.5, 0.6) is 0 Å². The molecule has 11 aromatic rings. The zero-order chi connectivity index (χ0) is 34.2. The SMILES string of the molecule is c1ccc(-c2ccc(N(c3ccc4c(c3)oc3ccccc34)c3c4nc(-c5ccc6ccccc6c5)sc4cc4sc5ccccc5c34)cc2)cc1. The van der Waals surface area contributed by atoms with Gasteiger partial charge in [0.25, 0.3) is 0 Å². The van der Waals surface area contributed by atoms with Crippen molar-refractivity contribution in [2.75, 3.05) is 4.90 Å². The van der Waals surface area contributed by atoms with E-state index in [1.165, 1.54) is 42.1 Å². The van der Waals surface area contributed by atoms with Crippen LogP contribution in [0.3, 0.4) is 0 Å². The van der Waals surface area contributed by atoms with Gasteiger partial charge in [0.2, 0.25) is 0 Å². The van der Waals surface area contributed by atoms with Crippen molar-refractivity contribution in [1.29, 1.82) is 0 Å². The minimum Gasteiger partial charge on any atom is -0.456 e. The van der Waals surface area contributed by atoms with Gasteiger partial charge in [-0.1, -0.05) is 115 Å². The molecule has 0 fully saturated rings. The second-order valence-corrected chi connectivity index (χ2v) is 15.3. The lowest BCUT2D eigenvalue weighted by atomic mass is 10.0. The Balaban J connectivity index is 1.21. The zero-order valence-electron chi connectivity index (χ0n) is 27.8. The predicted molar refractivity (Wildman–Crippen MR) is 223 cm³/mol. The fourth-order valence-corrected chi connectivity index (χ4v) is 9.83. The first-order chi connectivity index (χ1) is 25.7. The van der Waals surface area contributed by atoms with Gasteiger partial charge in [0, 0.05) is 53.9 Å². The Hall–Kier alpha value is -6.27. The van der Waals surface area contributed by atoms with Crippen LogP contribution in [-0.2, 0) is 0 Å². The molecule has 0 aliphatic carbocycles. The Morgan fingerprint density at radius 3 is 2.02 bits per heavy atom. The molecule has 0 unspecified atom stereocenters. The van der Waals surface area contributed by atoms with Crippen LogP contribution in [0.4, 0.5) is 17.1 Å². The molecule has 3 heterocycles. The second kappa shape index (κ2) is 11.6. The van der Waals surface area contributed by atoms with Gasteiger partial charge in [0.15, 0.2) is 0 Å². The third-order valence-electron chi connectivity index (χ3n) is 10.1. The van der Waals surface area contributed by atoms with Gasteiger partial charge in [-0.25, -0.2) is 4.98 Å². The van der Waals surface area contributed by atoms with Crippen LogP contribution in [0.15, 0.2) is 174 Å². The number of hydrogen-bond acceptors (Lipinski definition) is 5. The summed E-state index contributed by atoms with van der Waals surface area (Å²) in [6, 6.07) is 60.7. The molecule has 0 saturated heterocycles. The largest absolute Gasteiger partial charge is 0.456 e. The summed E-state index contributed by atoms with van der Waals surface area (Å²) in [5.74, 6) is 0. The smallest absolute Gasteiger partial charge is 0.137 e. The molecule has 244 valence electrons. The lowest BCUT2D eigenvalue weighted by molar-refractivity contribution is 0.669. The van der Waals surface area contributed by atoms with Crippen molar-refractivity contribution in [3.8, 4) is 21.7 Å². The van der Waals surface area contributed by atoms with Crippen LogP contribution in [0.2, 0.25) is 0 Å². The van der Waals surface area contributed by atoms with E-state index in [4.69, 9.17) is 9.40 Å². The van der Waals surface area contributed by atoms with Gasteiger partial charge in [-0.05, 0) is 70.4 Å². The number of benzene rings is 8. The number of fused-ring (bicyclic) bond motifs is 8. The molecule has 0 bridgehead atoms. The summed E-state index contributed by atoms with van der Waals surface area (Å²) in [6.45, 7) is 0. The first kappa shape index (κ1) is 29.5. The third-order valence-corrected chi connectivity index (χ3v) is 12.2. The number of para-hydroxylation sites is 1. The Bertz CT molecular complexity index is 3140. The van der Waals surface area contributed by atoms with Crippen molar-refractivity contribution in [1.82, 2.24) is 4.98 Å². The molecule has 8 aromatic carbocycles. The predicted octanol–water partition coefficient (Wildman–Crippen LogP) is 14.5. The fraction of sp³-hybridized carbons (Fsp3) is 0. The van der Waals surface area contributed by atoms with Gasteiger partial charge >= 0.3 is 0 Å². The maximum absolute atomic E-state index is 6.48. The molecule has 0 aliphatic heterocycles. The summed E-state index contributed by atoms with van der Waals surface area (Å²) in [5.41, 5.74) is 9.38. The molecular formula is C47H28N2OS2. The average Bonchev–Trinajstić information content (AvgIpc) is 3.91. The van der Waals surface area contributed by atoms with Crippen LogP contribution in [0, 0.1) is 0 Å². The number of furan rings is 1. The average molecular weight is 701 g/mol. The van der Waals surface area contributed by atoms with Gasteiger partial charge in [-0.2, -0.15) is 0 Å². The first-order valence-corrected chi connectivity index (χ1v) is 19.0. The molecule has 0 amide bonds. The number of thiophene rings is 1. The van der Waals surface area contributed by atoms with Crippen molar-refractivity contribution >= 4 is 103 Å². The Labute approximate surface area is 307 Å². The molecule has 3 aromatic heterocycles. The number of hydrogen-bond donors (Lipinski definition) is 0. The lowest BCUT2D eigenvalue weighted by Gasteiger charge is -2.27. The highest BCUT2D eigenvalue weighted by Gasteiger charge is 2.25. The van der Waals surface area contributed by atoms with Crippen LogP contribution >= 0.6 is 22.7 Å². The number of nitrogens with zero attached hydrogens (tertiary/aromatic N) is 2.